The summed E-state index contributed by atoms with van der Waals surface area (Å²) in [5.41, 5.74) is 1.54. The lowest BCUT2D eigenvalue weighted by Gasteiger charge is -2.27. The molecule has 6 heteroatoms. The third kappa shape index (κ3) is 2.51. The molecule has 1 aliphatic rings. The van der Waals surface area contributed by atoms with Crippen molar-refractivity contribution >= 4 is 21.9 Å². The molecule has 1 aliphatic carbocycles. The van der Waals surface area contributed by atoms with E-state index < -0.39 is 5.54 Å². The van der Waals surface area contributed by atoms with E-state index in [1.54, 1.807) is 0 Å². The van der Waals surface area contributed by atoms with E-state index >= 15 is 0 Å². The highest BCUT2D eigenvalue weighted by molar-refractivity contribution is 9.10. The number of methoxy groups -OCH3 is 1. The van der Waals surface area contributed by atoms with Gasteiger partial charge in [-0.15, -0.1) is 0 Å². The van der Waals surface area contributed by atoms with Gasteiger partial charge in [0.1, 0.15) is 5.54 Å². The van der Waals surface area contributed by atoms with Gasteiger partial charge in [-0.2, -0.15) is 5.10 Å². The van der Waals surface area contributed by atoms with Gasteiger partial charge in [0.2, 0.25) is 0 Å². The molecular weight excluding hydrogens is 322 g/mol. The van der Waals surface area contributed by atoms with E-state index in [1.165, 1.54) is 7.11 Å². The van der Waals surface area contributed by atoms with Crippen LogP contribution in [0.25, 0.3) is 0 Å². The van der Waals surface area contributed by atoms with Crippen LogP contribution in [0.15, 0.2) is 4.47 Å². The lowest BCUT2D eigenvalue weighted by molar-refractivity contribution is -0.148. The Morgan fingerprint density at radius 1 is 1.60 bits per heavy atom. The van der Waals surface area contributed by atoms with Crippen molar-refractivity contribution in [2.45, 2.75) is 51.6 Å². The molecule has 0 aliphatic heterocycles. The molecule has 1 aromatic heterocycles. The zero-order chi connectivity index (χ0) is 14.9. The smallest absolute Gasteiger partial charge is 0.326 e. The highest BCUT2D eigenvalue weighted by atomic mass is 79.9. The van der Waals surface area contributed by atoms with Crippen molar-refractivity contribution in [3.05, 3.63) is 15.9 Å². The quantitative estimate of drug-likeness (QED) is 0.853. The van der Waals surface area contributed by atoms with Gasteiger partial charge in [-0.1, -0.05) is 6.92 Å². The molecule has 1 fully saturated rings. The Hall–Kier alpha value is -0.880. The van der Waals surface area contributed by atoms with Gasteiger partial charge in [-0.25, -0.2) is 0 Å². The number of rotatable bonds is 4. The first-order valence-electron chi connectivity index (χ1n) is 7.00. The number of nitrogens with zero attached hydrogens (tertiary/aromatic N) is 2. The molecular formula is C14H22BrN3O2. The zero-order valence-electron chi connectivity index (χ0n) is 12.5. The Labute approximate surface area is 128 Å². The maximum absolute atomic E-state index is 12.1. The number of halogens is 1. The van der Waals surface area contributed by atoms with E-state index in [-0.39, 0.29) is 12.0 Å². The van der Waals surface area contributed by atoms with Gasteiger partial charge in [-0.3, -0.25) is 9.48 Å². The fourth-order valence-corrected chi connectivity index (χ4v) is 3.44. The van der Waals surface area contributed by atoms with Crippen LogP contribution >= 0.6 is 15.9 Å². The lowest BCUT2D eigenvalue weighted by atomic mass is 9.97. The summed E-state index contributed by atoms with van der Waals surface area (Å²) >= 11 is 3.56. The van der Waals surface area contributed by atoms with E-state index in [9.17, 15) is 4.79 Å². The van der Waals surface area contributed by atoms with E-state index in [0.717, 1.165) is 41.7 Å². The molecule has 112 valence electrons. The van der Waals surface area contributed by atoms with E-state index in [1.807, 2.05) is 18.5 Å². The first kappa shape index (κ1) is 15.5. The minimum atomic E-state index is -0.563. The van der Waals surface area contributed by atoms with Crippen molar-refractivity contribution in [1.82, 2.24) is 15.1 Å². The average molecular weight is 344 g/mol. The highest BCUT2D eigenvalue weighted by Crippen LogP contribution is 2.40. The number of esters is 1. The number of carbonyl (C=O) groups is 1. The van der Waals surface area contributed by atoms with Crippen molar-refractivity contribution in [3.8, 4) is 0 Å². The largest absolute Gasteiger partial charge is 0.468 e. The van der Waals surface area contributed by atoms with Gasteiger partial charge in [0, 0.05) is 0 Å². The summed E-state index contributed by atoms with van der Waals surface area (Å²) in [5.74, 6) is -0.164. The van der Waals surface area contributed by atoms with Crippen LogP contribution in [0.2, 0.25) is 0 Å². The topological polar surface area (TPSA) is 56.1 Å². The second kappa shape index (κ2) is 5.85. The summed E-state index contributed by atoms with van der Waals surface area (Å²) < 4.78 is 8.09. The van der Waals surface area contributed by atoms with Crippen molar-refractivity contribution in [1.29, 1.82) is 0 Å². The highest BCUT2D eigenvalue weighted by Gasteiger charge is 2.46. The minimum absolute atomic E-state index is 0.164. The minimum Gasteiger partial charge on any atom is -0.468 e. The number of hydrogen-bond donors (Lipinski definition) is 1. The number of likely N-dealkylation sites (N-methyl/N-ethyl adjacent to an activating group) is 1. The molecule has 1 N–H and O–H groups in total. The fraction of sp³-hybridized carbons (Fsp3) is 0.714. The SMILES string of the molecule is CCNC1(C(=O)OC)CCC(n2nc(C)c(Br)c2C)C1. The number of carbonyl (C=O) groups excluding carboxylic acids is 1. The number of aromatic nitrogens is 2. The van der Waals surface area contributed by atoms with Crippen LogP contribution in [-0.4, -0.2) is 34.9 Å². The van der Waals surface area contributed by atoms with Crippen LogP contribution in [-0.2, 0) is 9.53 Å². The van der Waals surface area contributed by atoms with Crippen molar-refractivity contribution in [3.63, 3.8) is 0 Å². The monoisotopic (exact) mass is 343 g/mol. The van der Waals surface area contributed by atoms with Crippen molar-refractivity contribution in [2.75, 3.05) is 13.7 Å². The van der Waals surface area contributed by atoms with Gasteiger partial charge >= 0.3 is 5.97 Å². The molecule has 2 atom stereocenters. The Bertz CT molecular complexity index is 515. The predicted molar refractivity (Wildman–Crippen MR) is 80.7 cm³/mol. The summed E-state index contributed by atoms with van der Waals surface area (Å²) in [6, 6.07) is 0.234. The van der Waals surface area contributed by atoms with Gasteiger partial charge in [0.05, 0.1) is 29.0 Å². The molecule has 1 heterocycles. The van der Waals surface area contributed by atoms with Crippen LogP contribution in [0.5, 0.6) is 0 Å². The first-order chi connectivity index (χ1) is 9.45. The zero-order valence-corrected chi connectivity index (χ0v) is 14.1. The molecule has 0 saturated heterocycles. The van der Waals surface area contributed by atoms with E-state index in [4.69, 9.17) is 4.74 Å². The summed E-state index contributed by atoms with van der Waals surface area (Å²) in [6.45, 7) is 6.80. The van der Waals surface area contributed by atoms with Gasteiger partial charge < -0.3 is 10.1 Å². The molecule has 2 unspecified atom stereocenters. The Balaban J connectivity index is 2.26. The van der Waals surface area contributed by atoms with Crippen LogP contribution in [0, 0.1) is 13.8 Å². The fourth-order valence-electron chi connectivity index (χ4n) is 3.18. The third-order valence-electron chi connectivity index (χ3n) is 4.16. The van der Waals surface area contributed by atoms with Gasteiger partial charge in [-0.05, 0) is 55.6 Å². The maximum atomic E-state index is 12.1. The number of aryl methyl sites for hydroxylation is 1. The maximum Gasteiger partial charge on any atom is 0.326 e. The molecule has 0 amide bonds. The third-order valence-corrected chi connectivity index (χ3v) is 5.31. The van der Waals surface area contributed by atoms with Crippen LogP contribution in [0.1, 0.15) is 43.6 Å². The van der Waals surface area contributed by atoms with Crippen LogP contribution < -0.4 is 5.32 Å². The number of nitrogens with one attached hydrogen (secondary N) is 1. The van der Waals surface area contributed by atoms with Gasteiger partial charge in [0.25, 0.3) is 0 Å². The van der Waals surface area contributed by atoms with Crippen LogP contribution in [0.3, 0.4) is 0 Å². The summed E-state index contributed by atoms with van der Waals surface area (Å²) in [7, 11) is 1.45. The first-order valence-corrected chi connectivity index (χ1v) is 7.79. The standard InChI is InChI=1S/C14H22BrN3O2/c1-5-16-14(13(19)20-4)7-6-11(8-14)18-10(3)12(15)9(2)17-18/h11,16H,5-8H2,1-4H3. The van der Waals surface area contributed by atoms with Crippen molar-refractivity contribution in [2.24, 2.45) is 0 Å². The molecule has 5 nitrogen and oxygen atoms in total. The predicted octanol–water partition coefficient (Wildman–Crippen LogP) is 2.51. The Kier molecular flexibility index (Phi) is 4.54. The Morgan fingerprint density at radius 3 is 2.80 bits per heavy atom. The molecule has 20 heavy (non-hydrogen) atoms. The molecule has 0 radical (unpaired) electrons. The average Bonchev–Trinajstić information content (AvgIpc) is 2.96. The molecule has 0 aromatic carbocycles. The second-order valence-electron chi connectivity index (χ2n) is 5.43. The summed E-state index contributed by atoms with van der Waals surface area (Å²) in [4.78, 5) is 12.1. The van der Waals surface area contributed by atoms with E-state index in [0.29, 0.717) is 0 Å². The van der Waals surface area contributed by atoms with Gasteiger partial charge in [0.15, 0.2) is 0 Å². The summed E-state index contributed by atoms with van der Waals surface area (Å²) in [5, 5.41) is 7.91. The van der Waals surface area contributed by atoms with Crippen molar-refractivity contribution < 1.29 is 9.53 Å². The normalized spacial score (nSPS) is 25.9. The Morgan fingerprint density at radius 2 is 2.30 bits per heavy atom. The molecule has 2 rings (SSSR count). The second-order valence-corrected chi connectivity index (χ2v) is 6.22. The lowest BCUT2D eigenvalue weighted by Crippen LogP contribution is -2.50. The summed E-state index contributed by atoms with van der Waals surface area (Å²) in [6.07, 6.45) is 2.44. The van der Waals surface area contributed by atoms with Crippen LogP contribution in [0.4, 0.5) is 0 Å². The molecule has 0 spiro atoms. The molecule has 1 saturated carbocycles. The molecule has 1 aromatic rings. The molecule has 0 bridgehead atoms. The number of ether oxygens (including phenoxy) is 1. The van der Waals surface area contributed by atoms with E-state index in [2.05, 4.69) is 33.3 Å². The number of hydrogen-bond acceptors (Lipinski definition) is 4.